The van der Waals surface area contributed by atoms with Gasteiger partial charge >= 0.3 is 5.97 Å². The fraction of sp³-hybridized carbons (Fsp3) is 0.800. The van der Waals surface area contributed by atoms with Crippen molar-refractivity contribution < 1.29 is 24.9 Å². The van der Waals surface area contributed by atoms with Gasteiger partial charge in [-0.3, -0.25) is 9.59 Å². The minimum absolute atomic E-state index is 0.0716. The summed E-state index contributed by atoms with van der Waals surface area (Å²) in [5, 5.41) is 29.3. The van der Waals surface area contributed by atoms with Gasteiger partial charge in [-0.05, 0) is 38.2 Å². The summed E-state index contributed by atoms with van der Waals surface area (Å²) in [7, 11) is 0. The average Bonchev–Trinajstić information content (AvgIpc) is 2.87. The molecule has 0 unspecified atom stereocenters. The molecule has 0 aliphatic heterocycles. The van der Waals surface area contributed by atoms with Crippen LogP contribution < -0.4 is 0 Å². The molecule has 1 aliphatic carbocycles. The number of alkyl halides is 1. The second-order valence-corrected chi connectivity index (χ2v) is 7.72. The molecule has 3 N–H and O–H groups in total. The van der Waals surface area contributed by atoms with Crippen molar-refractivity contribution in [2.45, 2.75) is 83.7 Å². The van der Waals surface area contributed by atoms with E-state index in [0.717, 1.165) is 44.1 Å². The maximum atomic E-state index is 12.3. The van der Waals surface area contributed by atoms with Crippen LogP contribution in [0.15, 0.2) is 11.3 Å². The summed E-state index contributed by atoms with van der Waals surface area (Å²) in [5.41, 5.74) is 0.741. The number of ketones is 1. The van der Waals surface area contributed by atoms with Crippen molar-refractivity contribution in [2.75, 3.05) is 5.88 Å². The summed E-state index contributed by atoms with van der Waals surface area (Å²) in [6.45, 7) is 1.82. The van der Waals surface area contributed by atoms with Crippen molar-refractivity contribution in [3.05, 3.63) is 11.3 Å². The zero-order valence-electron chi connectivity index (χ0n) is 15.8. The maximum absolute atomic E-state index is 12.3. The van der Waals surface area contributed by atoms with Crippen molar-refractivity contribution in [1.82, 2.24) is 0 Å². The number of carbonyl (C=O) groups excluding carboxylic acids is 1. The molecule has 1 rings (SSSR count). The number of Topliss-reactive ketones (excluding diaryl/α,β-unsaturated/α-hetero) is 1. The van der Waals surface area contributed by atoms with E-state index in [9.17, 15) is 19.8 Å². The molecule has 0 spiro atoms. The topological polar surface area (TPSA) is 94.8 Å². The molecule has 26 heavy (non-hydrogen) atoms. The molecule has 0 heterocycles. The van der Waals surface area contributed by atoms with Crippen molar-refractivity contribution in [3.8, 4) is 0 Å². The number of carboxylic acids is 1. The third-order valence-electron chi connectivity index (χ3n) is 5.33. The number of hydrogen-bond donors (Lipinski definition) is 3. The summed E-state index contributed by atoms with van der Waals surface area (Å²) in [6.07, 6.45) is 6.79. The number of carbonyl (C=O) groups is 2. The van der Waals surface area contributed by atoms with Gasteiger partial charge in [0, 0.05) is 37.0 Å². The molecule has 0 aromatic carbocycles. The summed E-state index contributed by atoms with van der Waals surface area (Å²) in [4.78, 5) is 22.8. The third-order valence-corrected chi connectivity index (χ3v) is 5.60. The largest absolute Gasteiger partial charge is 0.512 e. The number of aliphatic carboxylic acids is 1. The minimum Gasteiger partial charge on any atom is -0.512 e. The monoisotopic (exact) mass is 388 g/mol. The second-order valence-electron chi connectivity index (χ2n) is 7.35. The van der Waals surface area contributed by atoms with E-state index >= 15 is 0 Å². The van der Waals surface area contributed by atoms with Gasteiger partial charge in [-0.2, -0.15) is 0 Å². The normalized spacial score (nSPS) is 24.0. The molecule has 0 radical (unpaired) electrons. The molecule has 0 aromatic heterocycles. The molecule has 1 saturated carbocycles. The molecule has 3 atom stereocenters. The van der Waals surface area contributed by atoms with Gasteiger partial charge in [0.1, 0.15) is 5.78 Å². The number of halogens is 1. The first-order valence-electron chi connectivity index (χ1n) is 9.75. The third kappa shape index (κ3) is 7.67. The van der Waals surface area contributed by atoms with Gasteiger partial charge < -0.3 is 15.3 Å². The van der Waals surface area contributed by atoms with Crippen molar-refractivity contribution in [3.63, 3.8) is 0 Å². The van der Waals surface area contributed by atoms with Gasteiger partial charge in [0.05, 0.1) is 11.9 Å². The van der Waals surface area contributed by atoms with E-state index in [0.29, 0.717) is 30.9 Å². The first-order chi connectivity index (χ1) is 12.4. The van der Waals surface area contributed by atoms with Gasteiger partial charge in [0.15, 0.2) is 0 Å². The summed E-state index contributed by atoms with van der Waals surface area (Å²) in [6, 6.07) is 0. The number of hydrogen-bond acceptors (Lipinski definition) is 4. The van der Waals surface area contributed by atoms with Gasteiger partial charge in [-0.1, -0.05) is 25.7 Å². The van der Waals surface area contributed by atoms with E-state index in [-0.39, 0.29) is 30.5 Å². The molecular formula is C20H33ClO5. The van der Waals surface area contributed by atoms with E-state index < -0.39 is 12.1 Å². The highest BCUT2D eigenvalue weighted by molar-refractivity contribution is 6.17. The Morgan fingerprint density at radius 2 is 1.65 bits per heavy atom. The van der Waals surface area contributed by atoms with Crippen LogP contribution in [0.3, 0.4) is 0 Å². The molecular weight excluding hydrogens is 356 g/mol. The SMILES string of the molecule is CC(=C(O)CCCCCCl)[C@@H]1[C@H](O)CC(=O)[C@H]1CCCCCCC(=O)O. The standard InChI is InChI=1S/C20H33ClO5/c1-14(16(22)10-6-4-8-12-21)20-15(17(23)13-18(20)24)9-5-2-3-7-11-19(25)26/h15,18,20,22,24H,2-13H2,1H3,(H,25,26)/t15-,18-,20+/m1/s1. The van der Waals surface area contributed by atoms with E-state index in [1.54, 1.807) is 0 Å². The van der Waals surface area contributed by atoms with Gasteiger partial charge in [0.25, 0.3) is 0 Å². The summed E-state index contributed by atoms with van der Waals surface area (Å²) in [5.74, 6) is -0.328. The Hall–Kier alpha value is -1.07. The first kappa shape index (κ1) is 23.0. The number of allylic oxidation sites excluding steroid dienone is 1. The van der Waals surface area contributed by atoms with Crippen molar-refractivity contribution in [2.24, 2.45) is 11.8 Å². The zero-order chi connectivity index (χ0) is 19.5. The maximum Gasteiger partial charge on any atom is 0.303 e. The van der Waals surface area contributed by atoms with E-state index in [2.05, 4.69) is 0 Å². The Morgan fingerprint density at radius 1 is 1.04 bits per heavy atom. The van der Waals surface area contributed by atoms with E-state index in [4.69, 9.17) is 16.7 Å². The van der Waals surface area contributed by atoms with Crippen molar-refractivity contribution in [1.29, 1.82) is 0 Å². The summed E-state index contributed by atoms with van der Waals surface area (Å²) < 4.78 is 0. The molecule has 5 nitrogen and oxygen atoms in total. The number of aliphatic hydroxyl groups excluding tert-OH is 2. The molecule has 6 heteroatoms. The average molecular weight is 389 g/mol. The fourth-order valence-electron chi connectivity index (χ4n) is 3.83. The van der Waals surface area contributed by atoms with Crippen LogP contribution in [0.4, 0.5) is 0 Å². The Kier molecular flexibility index (Phi) is 10.9. The number of rotatable bonds is 13. The minimum atomic E-state index is -0.776. The first-order valence-corrected chi connectivity index (χ1v) is 10.3. The van der Waals surface area contributed by atoms with Crippen molar-refractivity contribution >= 4 is 23.4 Å². The van der Waals surface area contributed by atoms with Crippen LogP contribution in [-0.2, 0) is 9.59 Å². The highest BCUT2D eigenvalue weighted by atomic mass is 35.5. The van der Waals surface area contributed by atoms with E-state index in [1.807, 2.05) is 6.92 Å². The predicted octanol–water partition coefficient (Wildman–Crippen LogP) is 4.61. The highest BCUT2D eigenvalue weighted by Gasteiger charge is 2.42. The van der Waals surface area contributed by atoms with Crippen LogP contribution in [0.5, 0.6) is 0 Å². The lowest BCUT2D eigenvalue weighted by Crippen LogP contribution is -2.23. The Bertz CT molecular complexity index is 489. The number of unbranched alkanes of at least 4 members (excludes halogenated alkanes) is 5. The number of aliphatic hydroxyl groups is 2. The smallest absolute Gasteiger partial charge is 0.303 e. The zero-order valence-corrected chi connectivity index (χ0v) is 16.5. The molecule has 150 valence electrons. The fourth-order valence-corrected chi connectivity index (χ4v) is 4.02. The lowest BCUT2D eigenvalue weighted by Gasteiger charge is -2.23. The summed E-state index contributed by atoms with van der Waals surface area (Å²) >= 11 is 5.66. The van der Waals surface area contributed by atoms with Gasteiger partial charge in [-0.15, -0.1) is 11.6 Å². The molecule has 0 bridgehead atoms. The lowest BCUT2D eigenvalue weighted by molar-refractivity contribution is -0.137. The van der Waals surface area contributed by atoms with Crippen LogP contribution in [-0.4, -0.2) is 39.1 Å². The van der Waals surface area contributed by atoms with Crippen LogP contribution in [0.25, 0.3) is 0 Å². The quantitative estimate of drug-likeness (QED) is 0.243. The van der Waals surface area contributed by atoms with Gasteiger partial charge in [0.2, 0.25) is 0 Å². The van der Waals surface area contributed by atoms with Crippen LogP contribution in [0.2, 0.25) is 0 Å². The Labute approximate surface area is 161 Å². The van der Waals surface area contributed by atoms with Crippen LogP contribution in [0, 0.1) is 11.8 Å². The van der Waals surface area contributed by atoms with Crippen LogP contribution >= 0.6 is 11.6 Å². The molecule has 1 fully saturated rings. The molecule has 1 aliphatic rings. The molecule has 0 aromatic rings. The Morgan fingerprint density at radius 3 is 2.31 bits per heavy atom. The molecule has 0 amide bonds. The molecule has 0 saturated heterocycles. The second kappa shape index (κ2) is 12.3. The van der Waals surface area contributed by atoms with E-state index in [1.165, 1.54) is 0 Å². The highest BCUT2D eigenvalue weighted by Crippen LogP contribution is 2.39. The lowest BCUT2D eigenvalue weighted by atomic mass is 9.83. The van der Waals surface area contributed by atoms with Crippen LogP contribution in [0.1, 0.15) is 77.6 Å². The number of carboxylic acid groups (broad SMARTS) is 1. The predicted molar refractivity (Wildman–Crippen MR) is 102 cm³/mol. The Balaban J connectivity index is 2.54. The van der Waals surface area contributed by atoms with Gasteiger partial charge in [-0.25, -0.2) is 0 Å².